The van der Waals surface area contributed by atoms with Crippen molar-refractivity contribution in [1.82, 2.24) is 9.88 Å². The van der Waals surface area contributed by atoms with Crippen LogP contribution in [0.4, 0.5) is 0 Å². The Hall–Kier alpha value is -0.940. The van der Waals surface area contributed by atoms with Crippen LogP contribution in [-0.2, 0) is 11.2 Å². The summed E-state index contributed by atoms with van der Waals surface area (Å²) in [6.07, 6.45) is 5.44. The van der Waals surface area contributed by atoms with E-state index in [1.807, 2.05) is 0 Å². The van der Waals surface area contributed by atoms with Crippen LogP contribution in [0.3, 0.4) is 0 Å². The van der Waals surface area contributed by atoms with Crippen LogP contribution in [0.1, 0.15) is 49.0 Å². The maximum absolute atomic E-state index is 10.7. The molecule has 0 saturated carbocycles. The van der Waals surface area contributed by atoms with Crippen molar-refractivity contribution >= 4 is 17.3 Å². The SMILES string of the molecule is CC(C)N1CCCCC1c1ncc(CC(=O)O)s1. The molecule has 0 amide bonds. The van der Waals surface area contributed by atoms with Crippen molar-refractivity contribution in [3.8, 4) is 0 Å². The zero-order valence-electron chi connectivity index (χ0n) is 10.9. The maximum atomic E-state index is 10.7. The summed E-state index contributed by atoms with van der Waals surface area (Å²) < 4.78 is 0. The van der Waals surface area contributed by atoms with E-state index in [1.165, 1.54) is 12.8 Å². The normalized spacial score (nSPS) is 21.4. The minimum Gasteiger partial charge on any atom is -0.481 e. The molecule has 1 atom stereocenters. The zero-order chi connectivity index (χ0) is 13.1. The quantitative estimate of drug-likeness (QED) is 0.912. The number of hydrogen-bond donors (Lipinski definition) is 1. The van der Waals surface area contributed by atoms with E-state index in [4.69, 9.17) is 5.11 Å². The summed E-state index contributed by atoms with van der Waals surface area (Å²) in [6.45, 7) is 5.55. The molecule has 1 aromatic rings. The van der Waals surface area contributed by atoms with Gasteiger partial charge in [-0.05, 0) is 33.2 Å². The molecule has 0 aromatic carbocycles. The lowest BCUT2D eigenvalue weighted by molar-refractivity contribution is -0.136. The molecule has 0 spiro atoms. The van der Waals surface area contributed by atoms with E-state index in [0.717, 1.165) is 22.9 Å². The summed E-state index contributed by atoms with van der Waals surface area (Å²) in [5.41, 5.74) is 0. The van der Waals surface area contributed by atoms with Crippen LogP contribution in [0, 0.1) is 0 Å². The second kappa shape index (κ2) is 5.80. The van der Waals surface area contributed by atoms with E-state index < -0.39 is 5.97 Å². The minimum absolute atomic E-state index is 0.0894. The fraction of sp³-hybridized carbons (Fsp3) is 0.692. The molecular formula is C13H20N2O2S. The van der Waals surface area contributed by atoms with Crippen molar-refractivity contribution in [3.05, 3.63) is 16.1 Å². The summed E-state index contributed by atoms with van der Waals surface area (Å²) in [5.74, 6) is -0.783. The molecule has 0 aliphatic carbocycles. The Morgan fingerprint density at radius 3 is 3.06 bits per heavy atom. The van der Waals surface area contributed by atoms with Crippen LogP contribution in [0.25, 0.3) is 0 Å². The van der Waals surface area contributed by atoms with Gasteiger partial charge in [0.05, 0.1) is 12.5 Å². The summed E-state index contributed by atoms with van der Waals surface area (Å²) in [4.78, 5) is 18.5. The predicted molar refractivity (Wildman–Crippen MR) is 71.9 cm³/mol. The first kappa shape index (κ1) is 13.5. The van der Waals surface area contributed by atoms with Crippen LogP contribution in [-0.4, -0.2) is 33.5 Å². The third-order valence-corrected chi connectivity index (χ3v) is 4.49. The molecule has 4 nitrogen and oxygen atoms in total. The van der Waals surface area contributed by atoms with Crippen LogP contribution < -0.4 is 0 Å². The number of aliphatic carboxylic acids is 1. The van der Waals surface area contributed by atoms with Crippen molar-refractivity contribution in [1.29, 1.82) is 0 Å². The number of hydrogen-bond acceptors (Lipinski definition) is 4. The van der Waals surface area contributed by atoms with E-state index in [9.17, 15) is 4.79 Å². The fourth-order valence-electron chi connectivity index (χ4n) is 2.54. The molecule has 18 heavy (non-hydrogen) atoms. The van der Waals surface area contributed by atoms with Crippen molar-refractivity contribution in [2.24, 2.45) is 0 Å². The number of thiazole rings is 1. The standard InChI is InChI=1S/C13H20N2O2S/c1-9(2)15-6-4-3-5-11(15)13-14-8-10(18-13)7-12(16)17/h8-9,11H,3-7H2,1-2H3,(H,16,17). The second-order valence-corrected chi connectivity index (χ2v) is 6.23. The van der Waals surface area contributed by atoms with E-state index in [0.29, 0.717) is 12.1 Å². The highest BCUT2D eigenvalue weighted by Gasteiger charge is 2.28. The van der Waals surface area contributed by atoms with Gasteiger partial charge in [-0.1, -0.05) is 6.42 Å². The first-order valence-corrected chi connectivity index (χ1v) is 7.31. The monoisotopic (exact) mass is 268 g/mol. The smallest absolute Gasteiger partial charge is 0.308 e. The van der Waals surface area contributed by atoms with E-state index in [2.05, 4.69) is 23.7 Å². The lowest BCUT2D eigenvalue weighted by Gasteiger charge is -2.37. The number of aromatic nitrogens is 1. The van der Waals surface area contributed by atoms with Gasteiger partial charge in [-0.15, -0.1) is 11.3 Å². The van der Waals surface area contributed by atoms with E-state index in [1.54, 1.807) is 17.5 Å². The van der Waals surface area contributed by atoms with Gasteiger partial charge < -0.3 is 5.11 Å². The minimum atomic E-state index is -0.783. The molecule has 0 radical (unpaired) electrons. The zero-order valence-corrected chi connectivity index (χ0v) is 11.7. The molecule has 1 N–H and O–H groups in total. The highest BCUT2D eigenvalue weighted by molar-refractivity contribution is 7.11. The van der Waals surface area contributed by atoms with Crippen LogP contribution in [0.2, 0.25) is 0 Å². The van der Waals surface area contributed by atoms with Gasteiger partial charge in [0.25, 0.3) is 0 Å². The second-order valence-electron chi connectivity index (χ2n) is 5.08. The Morgan fingerprint density at radius 1 is 1.61 bits per heavy atom. The Labute approximate surface area is 112 Å². The highest BCUT2D eigenvalue weighted by atomic mass is 32.1. The number of nitrogens with zero attached hydrogens (tertiary/aromatic N) is 2. The van der Waals surface area contributed by atoms with Crippen molar-refractivity contribution in [2.75, 3.05) is 6.54 Å². The first-order chi connectivity index (χ1) is 8.58. The molecule has 1 unspecified atom stereocenters. The third kappa shape index (κ3) is 3.09. The molecule has 2 heterocycles. The molecule has 1 fully saturated rings. The number of carbonyl (C=O) groups is 1. The summed E-state index contributed by atoms with van der Waals surface area (Å²) in [5, 5.41) is 9.88. The van der Waals surface area contributed by atoms with Crippen molar-refractivity contribution in [2.45, 2.75) is 51.6 Å². The van der Waals surface area contributed by atoms with Gasteiger partial charge in [0, 0.05) is 17.1 Å². The predicted octanol–water partition coefficient (Wildman–Crippen LogP) is 2.71. The fourth-order valence-corrected chi connectivity index (χ4v) is 3.61. The van der Waals surface area contributed by atoms with Gasteiger partial charge in [0.2, 0.25) is 0 Å². The number of rotatable bonds is 4. The van der Waals surface area contributed by atoms with Crippen LogP contribution in [0.5, 0.6) is 0 Å². The molecule has 5 heteroatoms. The Morgan fingerprint density at radius 2 is 2.39 bits per heavy atom. The highest BCUT2D eigenvalue weighted by Crippen LogP contribution is 2.34. The molecule has 100 valence electrons. The number of carboxylic acid groups (broad SMARTS) is 1. The van der Waals surface area contributed by atoms with Gasteiger partial charge in [-0.3, -0.25) is 9.69 Å². The molecule has 0 bridgehead atoms. The number of likely N-dealkylation sites (tertiary alicyclic amines) is 1. The lowest BCUT2D eigenvalue weighted by atomic mass is 10.0. The van der Waals surface area contributed by atoms with Crippen molar-refractivity contribution < 1.29 is 9.90 Å². The van der Waals surface area contributed by atoms with Gasteiger partial charge in [0.1, 0.15) is 5.01 Å². The van der Waals surface area contributed by atoms with E-state index in [-0.39, 0.29) is 6.42 Å². The summed E-state index contributed by atoms with van der Waals surface area (Å²) in [6, 6.07) is 0.897. The van der Waals surface area contributed by atoms with Crippen molar-refractivity contribution in [3.63, 3.8) is 0 Å². The molecule has 2 rings (SSSR count). The Kier molecular flexibility index (Phi) is 4.35. The molecular weight excluding hydrogens is 248 g/mol. The molecule has 1 aromatic heterocycles. The van der Waals surface area contributed by atoms with Gasteiger partial charge in [-0.25, -0.2) is 4.98 Å². The first-order valence-electron chi connectivity index (χ1n) is 6.50. The maximum Gasteiger partial charge on any atom is 0.308 e. The topological polar surface area (TPSA) is 53.4 Å². The largest absolute Gasteiger partial charge is 0.481 e. The average Bonchev–Trinajstić information content (AvgIpc) is 2.76. The van der Waals surface area contributed by atoms with E-state index >= 15 is 0 Å². The van der Waals surface area contributed by atoms with Gasteiger partial charge >= 0.3 is 5.97 Å². The Balaban J connectivity index is 2.13. The van der Waals surface area contributed by atoms with Crippen LogP contribution >= 0.6 is 11.3 Å². The van der Waals surface area contributed by atoms with Gasteiger partial charge in [0.15, 0.2) is 0 Å². The third-order valence-electron chi connectivity index (χ3n) is 3.39. The Bertz CT molecular complexity index is 417. The van der Waals surface area contributed by atoms with Crippen LogP contribution in [0.15, 0.2) is 6.20 Å². The summed E-state index contributed by atoms with van der Waals surface area (Å²) >= 11 is 1.56. The average molecular weight is 268 g/mol. The number of piperidine rings is 1. The lowest BCUT2D eigenvalue weighted by Crippen LogP contribution is -2.38. The molecule has 1 saturated heterocycles. The molecule has 1 aliphatic heterocycles. The van der Waals surface area contributed by atoms with Gasteiger partial charge in [-0.2, -0.15) is 0 Å². The number of carboxylic acids is 1. The summed E-state index contributed by atoms with van der Waals surface area (Å²) in [7, 11) is 0. The molecule has 1 aliphatic rings.